The van der Waals surface area contributed by atoms with E-state index in [-0.39, 0.29) is 23.0 Å². The Morgan fingerprint density at radius 2 is 1.91 bits per heavy atom. The van der Waals surface area contributed by atoms with Crippen LogP contribution in [0.2, 0.25) is 0 Å². The first kappa shape index (κ1) is 18.2. The maximum atomic E-state index is 12.1. The first-order chi connectivity index (χ1) is 9.89. The highest BCUT2D eigenvalue weighted by Gasteiger charge is 2.29. The van der Waals surface area contributed by atoms with Crippen LogP contribution in [0.25, 0.3) is 0 Å². The molecule has 0 aliphatic carbocycles. The molecule has 0 bridgehead atoms. The minimum atomic E-state index is -3.71. The zero-order chi connectivity index (χ0) is 17.3. The maximum absolute atomic E-state index is 12.1. The van der Waals surface area contributed by atoms with Crippen molar-refractivity contribution in [3.63, 3.8) is 0 Å². The van der Waals surface area contributed by atoms with E-state index in [0.717, 1.165) is 10.4 Å². The third-order valence-corrected chi connectivity index (χ3v) is 5.05. The molecule has 1 rings (SSSR count). The Morgan fingerprint density at radius 3 is 2.36 bits per heavy atom. The Bertz CT molecular complexity index is 687. The highest BCUT2D eigenvalue weighted by molar-refractivity contribution is 7.89. The van der Waals surface area contributed by atoms with Gasteiger partial charge in [0.2, 0.25) is 10.0 Å². The second-order valence-corrected chi connectivity index (χ2v) is 7.81. The summed E-state index contributed by atoms with van der Waals surface area (Å²) in [5.74, 6) is -1.81. The molecule has 0 aliphatic rings. The minimum absolute atomic E-state index is 0.0938. The van der Waals surface area contributed by atoms with Crippen LogP contribution in [0.4, 0.5) is 0 Å². The Balaban J connectivity index is 2.97. The van der Waals surface area contributed by atoms with Crippen LogP contribution in [0.1, 0.15) is 30.2 Å². The Labute approximate surface area is 129 Å². The van der Waals surface area contributed by atoms with Crippen molar-refractivity contribution in [3.05, 3.63) is 17.6 Å². The summed E-state index contributed by atoms with van der Waals surface area (Å²) in [6, 6.07) is 1.13. The van der Waals surface area contributed by atoms with Gasteiger partial charge < -0.3 is 14.8 Å². The average Bonchev–Trinajstić information content (AvgIpc) is 2.78. The Kier molecular flexibility index (Phi) is 5.03. The molecule has 0 saturated carbocycles. The van der Waals surface area contributed by atoms with Crippen molar-refractivity contribution in [1.29, 1.82) is 0 Å². The number of carbonyl (C=O) groups is 2. The number of furan rings is 1. The number of nitrogens with one attached hydrogen (secondary N) is 1. The number of rotatable bonds is 6. The Hall–Kier alpha value is -1.87. The molecule has 0 aromatic carbocycles. The molecule has 9 heteroatoms. The van der Waals surface area contributed by atoms with Crippen LogP contribution >= 0.6 is 0 Å². The zero-order valence-corrected chi connectivity index (χ0v) is 13.9. The summed E-state index contributed by atoms with van der Waals surface area (Å²) < 4.78 is 30.3. The molecule has 1 amide bonds. The summed E-state index contributed by atoms with van der Waals surface area (Å²) >= 11 is 0. The molecule has 0 spiro atoms. The van der Waals surface area contributed by atoms with Crippen molar-refractivity contribution in [1.82, 2.24) is 9.62 Å². The lowest BCUT2D eigenvalue weighted by molar-refractivity contribution is -0.146. The lowest BCUT2D eigenvalue weighted by Gasteiger charge is -2.18. The van der Waals surface area contributed by atoms with Crippen molar-refractivity contribution in [2.45, 2.75) is 25.7 Å². The third-order valence-electron chi connectivity index (χ3n) is 3.12. The van der Waals surface area contributed by atoms with Crippen LogP contribution in [0, 0.1) is 12.3 Å². The first-order valence-corrected chi connectivity index (χ1v) is 7.88. The summed E-state index contributed by atoms with van der Waals surface area (Å²) in [6.45, 7) is 4.25. The molecule has 8 nitrogen and oxygen atoms in total. The molecule has 0 aliphatic heterocycles. The first-order valence-electron chi connectivity index (χ1n) is 6.44. The number of nitrogens with zero attached hydrogens (tertiary/aromatic N) is 1. The van der Waals surface area contributed by atoms with Crippen LogP contribution in [0.15, 0.2) is 15.4 Å². The maximum Gasteiger partial charge on any atom is 0.310 e. The minimum Gasteiger partial charge on any atom is -0.481 e. The summed E-state index contributed by atoms with van der Waals surface area (Å²) in [4.78, 5) is 22.8. The van der Waals surface area contributed by atoms with Crippen molar-refractivity contribution < 1.29 is 27.5 Å². The monoisotopic (exact) mass is 332 g/mol. The van der Waals surface area contributed by atoms with E-state index in [0.29, 0.717) is 0 Å². The van der Waals surface area contributed by atoms with Crippen LogP contribution in [0.3, 0.4) is 0 Å². The highest BCUT2D eigenvalue weighted by Crippen LogP contribution is 2.22. The number of amides is 1. The largest absolute Gasteiger partial charge is 0.481 e. The van der Waals surface area contributed by atoms with Gasteiger partial charge in [-0.15, -0.1) is 0 Å². The average molecular weight is 332 g/mol. The lowest BCUT2D eigenvalue weighted by atomic mass is 9.94. The predicted molar refractivity (Wildman–Crippen MR) is 78.1 cm³/mol. The van der Waals surface area contributed by atoms with Crippen molar-refractivity contribution >= 4 is 21.9 Å². The third kappa shape index (κ3) is 3.66. The number of hydrogen-bond acceptors (Lipinski definition) is 5. The number of aryl methyl sites for hydroxylation is 1. The number of carboxylic acids is 1. The van der Waals surface area contributed by atoms with Gasteiger partial charge in [0.15, 0.2) is 5.76 Å². The topological polar surface area (TPSA) is 117 Å². The van der Waals surface area contributed by atoms with Gasteiger partial charge in [0.25, 0.3) is 5.91 Å². The second-order valence-electron chi connectivity index (χ2n) is 5.69. The molecule has 0 atom stereocenters. The van der Waals surface area contributed by atoms with Crippen molar-refractivity contribution in [2.24, 2.45) is 5.41 Å². The fourth-order valence-corrected chi connectivity index (χ4v) is 2.55. The summed E-state index contributed by atoms with van der Waals surface area (Å²) in [5, 5.41) is 11.4. The zero-order valence-electron chi connectivity index (χ0n) is 13.1. The van der Waals surface area contributed by atoms with Gasteiger partial charge in [0.05, 0.1) is 5.41 Å². The molecule has 0 radical (unpaired) electrons. The molecule has 0 fully saturated rings. The summed E-state index contributed by atoms with van der Waals surface area (Å²) in [6.07, 6.45) is 0. The predicted octanol–water partition coefficient (Wildman–Crippen LogP) is 0.679. The van der Waals surface area contributed by atoms with Gasteiger partial charge in [-0.3, -0.25) is 9.59 Å². The number of sulfonamides is 1. The molecule has 22 heavy (non-hydrogen) atoms. The van der Waals surface area contributed by atoms with E-state index in [1.165, 1.54) is 34.9 Å². The van der Waals surface area contributed by atoms with E-state index < -0.39 is 27.3 Å². The fraction of sp³-hybridized carbons (Fsp3) is 0.538. The second kappa shape index (κ2) is 6.09. The Morgan fingerprint density at radius 1 is 1.36 bits per heavy atom. The smallest absolute Gasteiger partial charge is 0.310 e. The molecular weight excluding hydrogens is 312 g/mol. The van der Waals surface area contributed by atoms with E-state index in [4.69, 9.17) is 9.52 Å². The van der Waals surface area contributed by atoms with Crippen LogP contribution in [-0.2, 0) is 14.8 Å². The van der Waals surface area contributed by atoms with Crippen LogP contribution in [-0.4, -0.2) is 50.3 Å². The van der Waals surface area contributed by atoms with Crippen molar-refractivity contribution in [3.8, 4) is 0 Å². The van der Waals surface area contributed by atoms with E-state index in [1.54, 1.807) is 0 Å². The molecular formula is C13H20N2O6S. The highest BCUT2D eigenvalue weighted by atomic mass is 32.2. The number of carboxylic acid groups (broad SMARTS) is 1. The number of aliphatic carboxylic acids is 1. The van der Waals surface area contributed by atoms with Gasteiger partial charge in [-0.1, -0.05) is 0 Å². The van der Waals surface area contributed by atoms with E-state index >= 15 is 0 Å². The van der Waals surface area contributed by atoms with Gasteiger partial charge >= 0.3 is 5.97 Å². The van der Waals surface area contributed by atoms with Gasteiger partial charge in [0, 0.05) is 26.7 Å². The van der Waals surface area contributed by atoms with Crippen LogP contribution < -0.4 is 5.32 Å². The van der Waals surface area contributed by atoms with Crippen molar-refractivity contribution in [2.75, 3.05) is 20.6 Å². The van der Waals surface area contributed by atoms with Gasteiger partial charge in [-0.25, -0.2) is 12.7 Å². The van der Waals surface area contributed by atoms with Gasteiger partial charge in [-0.2, -0.15) is 0 Å². The standard InChI is InChI=1S/C13H20N2O6S/c1-8-10(22(19,20)15(4)5)6-9(21-8)11(16)14-7-13(2,3)12(17)18/h6H,7H2,1-5H3,(H,14,16)(H,17,18). The summed E-state index contributed by atoms with van der Waals surface area (Å²) in [7, 11) is -0.968. The molecule has 1 aromatic heterocycles. The molecule has 124 valence electrons. The van der Waals surface area contributed by atoms with Gasteiger partial charge in [0.1, 0.15) is 10.7 Å². The normalized spacial score (nSPS) is 12.5. The lowest BCUT2D eigenvalue weighted by Crippen LogP contribution is -2.38. The molecule has 1 aromatic rings. The molecule has 1 heterocycles. The van der Waals surface area contributed by atoms with E-state index in [1.807, 2.05) is 0 Å². The molecule has 0 unspecified atom stereocenters. The molecule has 2 N–H and O–H groups in total. The van der Waals surface area contributed by atoms with E-state index in [9.17, 15) is 18.0 Å². The summed E-state index contributed by atoms with van der Waals surface area (Å²) in [5.41, 5.74) is -1.14. The van der Waals surface area contributed by atoms with Gasteiger partial charge in [-0.05, 0) is 20.8 Å². The quantitative estimate of drug-likeness (QED) is 0.791. The molecule has 0 saturated heterocycles. The van der Waals surface area contributed by atoms with Crippen LogP contribution in [0.5, 0.6) is 0 Å². The number of hydrogen-bond donors (Lipinski definition) is 2. The fourth-order valence-electron chi connectivity index (χ4n) is 1.49. The number of carbonyl (C=O) groups excluding carboxylic acids is 1. The SMILES string of the molecule is Cc1oc(C(=O)NCC(C)(C)C(=O)O)cc1S(=O)(=O)N(C)C. The van der Waals surface area contributed by atoms with E-state index in [2.05, 4.69) is 5.32 Å².